The van der Waals surface area contributed by atoms with Gasteiger partial charge in [0, 0.05) is 6.54 Å². The summed E-state index contributed by atoms with van der Waals surface area (Å²) in [6.45, 7) is 6.64. The van der Waals surface area contributed by atoms with Crippen LogP contribution in [0.4, 0.5) is 0 Å². The van der Waals surface area contributed by atoms with Gasteiger partial charge in [0.15, 0.2) is 0 Å². The third-order valence-electron chi connectivity index (χ3n) is 3.93. The van der Waals surface area contributed by atoms with Gasteiger partial charge in [-0.05, 0) is 45.3 Å². The molecule has 3 N–H and O–H groups in total. The fourth-order valence-electron chi connectivity index (χ4n) is 2.66. The molecular formula is C16H25N3O. The molecule has 1 heterocycles. The van der Waals surface area contributed by atoms with E-state index in [-0.39, 0.29) is 11.9 Å². The van der Waals surface area contributed by atoms with Crippen LogP contribution in [0.15, 0.2) is 24.3 Å². The maximum atomic E-state index is 11.7. The lowest BCUT2D eigenvalue weighted by Crippen LogP contribution is -2.43. The molecule has 0 radical (unpaired) electrons. The molecule has 0 bridgehead atoms. The van der Waals surface area contributed by atoms with Crippen LogP contribution in [0.5, 0.6) is 0 Å². The van der Waals surface area contributed by atoms with Crippen molar-refractivity contribution in [2.45, 2.75) is 38.8 Å². The Morgan fingerprint density at radius 2 is 1.90 bits per heavy atom. The highest BCUT2D eigenvalue weighted by Crippen LogP contribution is 2.24. The predicted molar refractivity (Wildman–Crippen MR) is 81.4 cm³/mol. The number of hydrogen-bond acceptors (Lipinski definition) is 3. The van der Waals surface area contributed by atoms with Crippen molar-refractivity contribution in [1.29, 1.82) is 0 Å². The highest BCUT2D eigenvalue weighted by atomic mass is 16.2. The van der Waals surface area contributed by atoms with Crippen molar-refractivity contribution in [1.82, 2.24) is 10.2 Å². The molecule has 20 heavy (non-hydrogen) atoms. The molecule has 1 aromatic carbocycles. The number of amides is 1. The van der Waals surface area contributed by atoms with Crippen molar-refractivity contribution in [2.24, 2.45) is 5.73 Å². The van der Waals surface area contributed by atoms with Crippen LogP contribution in [0.25, 0.3) is 0 Å². The molecule has 2 atom stereocenters. The van der Waals surface area contributed by atoms with E-state index in [2.05, 4.69) is 41.4 Å². The van der Waals surface area contributed by atoms with Gasteiger partial charge >= 0.3 is 0 Å². The average molecular weight is 275 g/mol. The number of benzene rings is 1. The van der Waals surface area contributed by atoms with Crippen LogP contribution in [0.1, 0.15) is 36.9 Å². The summed E-state index contributed by atoms with van der Waals surface area (Å²) in [5.41, 5.74) is 8.13. The second kappa shape index (κ2) is 6.86. The number of carbonyl (C=O) groups is 1. The number of nitrogens with two attached hydrogens (primary N) is 1. The molecule has 1 aliphatic rings. The van der Waals surface area contributed by atoms with Crippen LogP contribution in [-0.2, 0) is 4.79 Å². The van der Waals surface area contributed by atoms with E-state index in [0.717, 1.165) is 13.1 Å². The summed E-state index contributed by atoms with van der Waals surface area (Å²) in [5, 5.41) is 2.97. The molecule has 4 heteroatoms. The molecule has 1 fully saturated rings. The van der Waals surface area contributed by atoms with Crippen molar-refractivity contribution in [2.75, 3.05) is 19.6 Å². The van der Waals surface area contributed by atoms with Gasteiger partial charge in [-0.3, -0.25) is 9.69 Å². The summed E-state index contributed by atoms with van der Waals surface area (Å²) in [4.78, 5) is 14.1. The molecule has 1 saturated heterocycles. The van der Waals surface area contributed by atoms with E-state index in [0.29, 0.717) is 6.54 Å². The van der Waals surface area contributed by atoms with Crippen molar-refractivity contribution < 1.29 is 4.79 Å². The average Bonchev–Trinajstić information content (AvgIpc) is 2.94. The third kappa shape index (κ3) is 3.81. The van der Waals surface area contributed by atoms with Gasteiger partial charge in [0.1, 0.15) is 0 Å². The summed E-state index contributed by atoms with van der Waals surface area (Å²) in [6, 6.07) is 8.39. The third-order valence-corrected chi connectivity index (χ3v) is 3.93. The Morgan fingerprint density at radius 1 is 1.30 bits per heavy atom. The second-order valence-electron chi connectivity index (χ2n) is 5.70. The molecule has 110 valence electrons. The lowest BCUT2D eigenvalue weighted by molar-refractivity contribution is -0.122. The summed E-state index contributed by atoms with van der Waals surface area (Å²) in [5.74, 6) is -0.0821. The maximum absolute atomic E-state index is 11.7. The zero-order valence-electron chi connectivity index (χ0n) is 12.4. The van der Waals surface area contributed by atoms with Gasteiger partial charge in [0.05, 0.1) is 12.1 Å². The molecular weight excluding hydrogens is 250 g/mol. The lowest BCUT2D eigenvalue weighted by atomic mass is 10.0. The number of carbonyl (C=O) groups excluding carboxylic acids is 1. The summed E-state index contributed by atoms with van der Waals surface area (Å²) in [6.07, 6.45) is 2.48. The highest BCUT2D eigenvalue weighted by molar-refractivity contribution is 5.80. The largest absolute Gasteiger partial charge is 0.353 e. The minimum Gasteiger partial charge on any atom is -0.353 e. The maximum Gasteiger partial charge on any atom is 0.236 e. The van der Waals surface area contributed by atoms with Gasteiger partial charge in [0.2, 0.25) is 5.91 Å². The summed E-state index contributed by atoms with van der Waals surface area (Å²) < 4.78 is 0. The predicted octanol–water partition coefficient (Wildman–Crippen LogP) is 1.60. The smallest absolute Gasteiger partial charge is 0.236 e. The van der Waals surface area contributed by atoms with E-state index in [1.807, 2.05) is 0 Å². The van der Waals surface area contributed by atoms with E-state index in [4.69, 9.17) is 5.73 Å². The first kappa shape index (κ1) is 15.0. The standard InChI is InChI=1S/C16H25N3O/c1-12-5-7-14(8-6-12)15(19-9-3-4-10-19)11-18-16(20)13(2)17/h5-8,13,15H,3-4,9-11,17H2,1-2H3,(H,18,20). The molecule has 0 spiro atoms. The molecule has 0 aromatic heterocycles. The molecule has 0 aliphatic carbocycles. The van der Waals surface area contributed by atoms with Crippen LogP contribution in [0.3, 0.4) is 0 Å². The van der Waals surface area contributed by atoms with Crippen LogP contribution in [0, 0.1) is 6.92 Å². The Morgan fingerprint density at radius 3 is 2.45 bits per heavy atom. The van der Waals surface area contributed by atoms with E-state index >= 15 is 0 Å². The van der Waals surface area contributed by atoms with Crippen molar-refractivity contribution >= 4 is 5.91 Å². The molecule has 1 aromatic rings. The zero-order chi connectivity index (χ0) is 14.5. The first-order valence-corrected chi connectivity index (χ1v) is 7.42. The minimum absolute atomic E-state index is 0.0821. The van der Waals surface area contributed by atoms with Gasteiger partial charge in [-0.1, -0.05) is 29.8 Å². The van der Waals surface area contributed by atoms with Crippen molar-refractivity contribution in [3.8, 4) is 0 Å². The van der Waals surface area contributed by atoms with E-state index in [9.17, 15) is 4.79 Å². The molecule has 1 amide bonds. The van der Waals surface area contributed by atoms with E-state index in [1.165, 1.54) is 24.0 Å². The number of aryl methyl sites for hydroxylation is 1. The Balaban J connectivity index is 2.08. The Kier molecular flexibility index (Phi) is 5.15. The zero-order valence-corrected chi connectivity index (χ0v) is 12.4. The lowest BCUT2D eigenvalue weighted by Gasteiger charge is -2.28. The number of rotatable bonds is 5. The van der Waals surface area contributed by atoms with Gasteiger partial charge in [-0.25, -0.2) is 0 Å². The SMILES string of the molecule is Cc1ccc(C(CNC(=O)C(C)N)N2CCCC2)cc1. The molecule has 2 rings (SSSR count). The van der Waals surface area contributed by atoms with Gasteiger partial charge in [-0.15, -0.1) is 0 Å². The molecule has 2 unspecified atom stereocenters. The second-order valence-corrected chi connectivity index (χ2v) is 5.70. The van der Waals surface area contributed by atoms with Crippen LogP contribution in [0.2, 0.25) is 0 Å². The normalized spacial score (nSPS) is 18.8. The number of likely N-dealkylation sites (tertiary alicyclic amines) is 1. The Bertz CT molecular complexity index is 436. The minimum atomic E-state index is -0.452. The van der Waals surface area contributed by atoms with Crippen LogP contribution in [-0.4, -0.2) is 36.5 Å². The number of nitrogens with zero attached hydrogens (tertiary/aromatic N) is 1. The topological polar surface area (TPSA) is 58.4 Å². The molecule has 1 aliphatic heterocycles. The van der Waals surface area contributed by atoms with Crippen LogP contribution < -0.4 is 11.1 Å². The fourth-order valence-corrected chi connectivity index (χ4v) is 2.66. The molecule has 4 nitrogen and oxygen atoms in total. The summed E-state index contributed by atoms with van der Waals surface area (Å²) in [7, 11) is 0. The Hall–Kier alpha value is -1.39. The highest BCUT2D eigenvalue weighted by Gasteiger charge is 2.24. The monoisotopic (exact) mass is 275 g/mol. The van der Waals surface area contributed by atoms with Crippen molar-refractivity contribution in [3.05, 3.63) is 35.4 Å². The van der Waals surface area contributed by atoms with Crippen LogP contribution >= 0.6 is 0 Å². The fraction of sp³-hybridized carbons (Fsp3) is 0.562. The Labute approximate surface area is 121 Å². The summed E-state index contributed by atoms with van der Waals surface area (Å²) >= 11 is 0. The van der Waals surface area contributed by atoms with E-state index in [1.54, 1.807) is 6.92 Å². The van der Waals surface area contributed by atoms with Gasteiger partial charge in [0.25, 0.3) is 0 Å². The van der Waals surface area contributed by atoms with E-state index < -0.39 is 6.04 Å². The number of hydrogen-bond donors (Lipinski definition) is 2. The first-order valence-electron chi connectivity index (χ1n) is 7.42. The number of nitrogens with one attached hydrogen (secondary N) is 1. The quantitative estimate of drug-likeness (QED) is 0.858. The van der Waals surface area contributed by atoms with Gasteiger partial charge < -0.3 is 11.1 Å². The van der Waals surface area contributed by atoms with Crippen molar-refractivity contribution in [3.63, 3.8) is 0 Å². The first-order chi connectivity index (χ1) is 9.58. The molecule has 0 saturated carbocycles. The van der Waals surface area contributed by atoms with Gasteiger partial charge in [-0.2, -0.15) is 0 Å².